The first-order chi connectivity index (χ1) is 6.00. The largest absolute Gasteiger partial charge is 4.00 e. The zero-order valence-electron chi connectivity index (χ0n) is 7.78. The third-order valence-electron chi connectivity index (χ3n) is 0. The van der Waals surface area contributed by atoms with E-state index in [4.69, 9.17) is 57.7 Å². The quantitative estimate of drug-likeness (QED) is 0.191. The molecular formula is HO12P3Sn3. The second kappa shape index (κ2) is 16.1. The zero-order chi connectivity index (χ0) is 13.5. The van der Waals surface area contributed by atoms with Crippen molar-refractivity contribution in [3.05, 3.63) is 0 Å². The predicted molar refractivity (Wildman–Crippen MR) is 42.3 cm³/mol. The topological polar surface area (TPSA) is 256 Å². The van der Waals surface area contributed by atoms with Crippen molar-refractivity contribution in [1.29, 1.82) is 0 Å². The molecule has 100 valence electrons. The first-order valence-electron chi connectivity index (χ1n) is 2.21. The third kappa shape index (κ3) is 792. The number of hydrogen-bond acceptors (Lipinski definition) is 11. The molecule has 1 N–H and O–H groups in total. The van der Waals surface area contributed by atoms with Crippen LogP contribution < -0.4 is 39.1 Å². The van der Waals surface area contributed by atoms with Gasteiger partial charge < -0.3 is 57.7 Å². The molecule has 0 saturated heterocycles. The summed E-state index contributed by atoms with van der Waals surface area (Å²) in [6.45, 7) is 0. The summed E-state index contributed by atoms with van der Waals surface area (Å²) in [5.74, 6) is 0. The van der Waals surface area contributed by atoms with E-state index in [1.165, 1.54) is 0 Å². The van der Waals surface area contributed by atoms with E-state index in [0.29, 0.717) is 0 Å². The fourth-order valence-corrected chi connectivity index (χ4v) is 0. The molecule has 0 atom stereocenters. The summed E-state index contributed by atoms with van der Waals surface area (Å²) < 4.78 is 25.8. The Balaban J connectivity index is -0.0000000277. The van der Waals surface area contributed by atoms with Gasteiger partial charge in [0.05, 0.1) is 7.82 Å². The van der Waals surface area contributed by atoms with E-state index in [9.17, 15) is 0 Å². The van der Waals surface area contributed by atoms with Crippen LogP contribution in [-0.2, 0) is 13.7 Å². The molecule has 0 unspecified atom stereocenters. The maximum Gasteiger partial charge on any atom is 4.00 e. The number of phosphoric acid groups is 3. The van der Waals surface area contributed by atoms with Gasteiger partial charge in [-0.3, -0.25) is 0 Å². The molecule has 0 aliphatic heterocycles. The van der Waals surface area contributed by atoms with Crippen LogP contribution in [0.3, 0.4) is 0 Å². The fraction of sp³-hybridized carbons (Fsp3) is 0. The molecule has 18 heavy (non-hydrogen) atoms. The average Bonchev–Trinajstić information content (AvgIpc) is 1.41. The minimum atomic E-state index is -5.39. The first kappa shape index (κ1) is 37.2. The summed E-state index contributed by atoms with van der Waals surface area (Å²) in [4.78, 5) is 75.6. The van der Waals surface area contributed by atoms with Crippen molar-refractivity contribution in [1.82, 2.24) is 0 Å². The molecule has 18 heteroatoms. The Bertz CT molecular complexity index is 209. The monoisotopic (exact) mass is 646 g/mol. The predicted octanol–water partition coefficient (Wildman–Crippen LogP) is -8.98. The third-order valence-corrected chi connectivity index (χ3v) is 0. The van der Waals surface area contributed by atoms with Crippen LogP contribution in [0.25, 0.3) is 0 Å². The molecule has 0 heterocycles. The van der Waals surface area contributed by atoms with E-state index in [-0.39, 0.29) is 71.7 Å². The molecule has 0 saturated carbocycles. The van der Waals surface area contributed by atoms with Crippen molar-refractivity contribution in [2.75, 3.05) is 0 Å². The van der Waals surface area contributed by atoms with Gasteiger partial charge in [0.15, 0.2) is 0 Å². The molecule has 0 spiro atoms. The summed E-state index contributed by atoms with van der Waals surface area (Å²) in [6.07, 6.45) is 0. The Morgan fingerprint density at radius 2 is 0.611 bits per heavy atom. The summed E-state index contributed by atoms with van der Waals surface area (Å²) in [5.41, 5.74) is 0. The minimum absolute atomic E-state index is 0. The van der Waals surface area contributed by atoms with Crippen LogP contribution in [-0.4, -0.2) is 76.6 Å². The molecule has 0 aliphatic rings. The van der Waals surface area contributed by atoms with E-state index in [1.807, 2.05) is 0 Å². The number of hydrogen-bond donors (Lipinski definition) is 1. The van der Waals surface area contributed by atoms with Crippen LogP contribution in [0.5, 0.6) is 0 Å². The maximum absolute atomic E-state index is 8.66. The van der Waals surface area contributed by atoms with E-state index in [1.54, 1.807) is 0 Å². The Morgan fingerprint density at radius 3 is 0.611 bits per heavy atom. The van der Waals surface area contributed by atoms with E-state index < -0.39 is 23.5 Å². The van der Waals surface area contributed by atoms with Crippen LogP contribution in [0.1, 0.15) is 0 Å². The molecule has 4 radical (unpaired) electrons. The van der Waals surface area contributed by atoms with Gasteiger partial charge in [0, 0.05) is 0 Å². The molecular weight excluding hydrogens is 641 g/mol. The van der Waals surface area contributed by atoms with Crippen LogP contribution in [0.15, 0.2) is 0 Å². The van der Waals surface area contributed by atoms with Crippen LogP contribution in [0, 0.1) is 0 Å². The SMILES string of the molecule is O=P([O-])([O-])O.O=P([O-])([O-])[O-].O=P([O-])([O-])[O-].[Sn+2].[Sn+2].[Sn+4]. The van der Waals surface area contributed by atoms with Gasteiger partial charge in [-0.25, -0.2) is 0 Å². The molecule has 0 aromatic carbocycles. The van der Waals surface area contributed by atoms with E-state index in [0.717, 1.165) is 0 Å². The molecule has 0 bridgehead atoms. The summed E-state index contributed by atoms with van der Waals surface area (Å²) in [7, 11) is -15.9. The van der Waals surface area contributed by atoms with Crippen LogP contribution >= 0.6 is 23.5 Å². The molecule has 0 aliphatic carbocycles. The molecule has 0 fully saturated rings. The molecule has 0 amide bonds. The normalized spacial score (nSPS) is 9.83. The van der Waals surface area contributed by atoms with E-state index >= 15 is 0 Å². The molecule has 0 aromatic rings. The van der Waals surface area contributed by atoms with Gasteiger partial charge in [-0.15, -0.1) is 0 Å². The summed E-state index contributed by atoms with van der Waals surface area (Å²) in [5, 5.41) is 0. The standard InChI is InChI=1S/3H3O4P.3Sn/c3*1-5(2,3)4;;;/h3*(H3,1,2,3,4);;;/q;;;2*+2;+4/p-8. The molecule has 0 aromatic heterocycles. The average molecular weight is 642 g/mol. The van der Waals surface area contributed by atoms with Crippen LogP contribution in [0.4, 0.5) is 0 Å². The van der Waals surface area contributed by atoms with Crippen molar-refractivity contribution < 1.29 is 57.7 Å². The molecule has 12 nitrogen and oxygen atoms in total. The maximum atomic E-state index is 8.66. The van der Waals surface area contributed by atoms with E-state index in [2.05, 4.69) is 0 Å². The molecule has 0 rings (SSSR count). The van der Waals surface area contributed by atoms with Gasteiger partial charge in [-0.05, 0) is 0 Å². The van der Waals surface area contributed by atoms with Gasteiger partial charge in [-0.1, -0.05) is 0 Å². The first-order valence-corrected chi connectivity index (χ1v) is 6.62. The van der Waals surface area contributed by atoms with Crippen molar-refractivity contribution in [3.63, 3.8) is 0 Å². The van der Waals surface area contributed by atoms with Crippen molar-refractivity contribution in [3.8, 4) is 0 Å². The Kier molecular flexibility index (Phi) is 33.3. The fourth-order valence-electron chi connectivity index (χ4n) is 0. The van der Waals surface area contributed by atoms with Crippen molar-refractivity contribution >= 4 is 95.2 Å². The Hall–Kier alpha value is 2.73. The Morgan fingerprint density at radius 1 is 0.611 bits per heavy atom. The van der Waals surface area contributed by atoms with Gasteiger partial charge in [-0.2, -0.15) is 15.6 Å². The second-order valence-electron chi connectivity index (χ2n) is 1.36. The summed E-state index contributed by atoms with van der Waals surface area (Å²) in [6, 6.07) is 0. The Labute approximate surface area is 151 Å². The summed E-state index contributed by atoms with van der Waals surface area (Å²) >= 11 is 0. The van der Waals surface area contributed by atoms with Crippen molar-refractivity contribution in [2.45, 2.75) is 0 Å². The zero-order valence-corrected chi connectivity index (χ0v) is 19.0. The van der Waals surface area contributed by atoms with Crippen LogP contribution in [0.2, 0.25) is 0 Å². The van der Waals surface area contributed by atoms with Gasteiger partial charge in [0.25, 0.3) is 0 Å². The smallest absolute Gasteiger partial charge is 0.822 e. The number of rotatable bonds is 0. The van der Waals surface area contributed by atoms with Crippen molar-refractivity contribution in [2.24, 2.45) is 0 Å². The van der Waals surface area contributed by atoms with Gasteiger partial charge >= 0.3 is 71.7 Å². The minimum Gasteiger partial charge on any atom is -0.822 e. The second-order valence-corrected chi connectivity index (χ2v) is 4.09. The van der Waals surface area contributed by atoms with Gasteiger partial charge in [0.1, 0.15) is 0 Å². The van der Waals surface area contributed by atoms with Gasteiger partial charge in [0.2, 0.25) is 0 Å².